The summed E-state index contributed by atoms with van der Waals surface area (Å²) in [6.45, 7) is 0. The molecule has 0 aliphatic heterocycles. The minimum Gasteiger partial charge on any atom is -0.457 e. The molecule has 0 aliphatic rings. The van der Waals surface area contributed by atoms with Crippen molar-refractivity contribution in [3.05, 3.63) is 95.0 Å². The van der Waals surface area contributed by atoms with Crippen LogP contribution >= 0.6 is 23.2 Å². The second-order valence-corrected chi connectivity index (χ2v) is 8.81. The Labute approximate surface area is 178 Å². The van der Waals surface area contributed by atoms with Crippen LogP contribution in [0.3, 0.4) is 0 Å². The topological polar surface area (TPSA) is 55.4 Å². The summed E-state index contributed by atoms with van der Waals surface area (Å²) < 4.78 is 33.5. The van der Waals surface area contributed by atoms with Crippen LogP contribution in [0.4, 0.5) is 5.69 Å². The molecule has 146 valence electrons. The van der Waals surface area contributed by atoms with Crippen LogP contribution in [0.5, 0.6) is 11.5 Å². The average molecular weight is 444 g/mol. The summed E-state index contributed by atoms with van der Waals surface area (Å²) in [5, 5.41) is 2.59. The van der Waals surface area contributed by atoms with Crippen LogP contribution in [0, 0.1) is 0 Å². The molecule has 0 heterocycles. The Morgan fingerprint density at radius 3 is 2.17 bits per heavy atom. The second kappa shape index (κ2) is 7.95. The Hall–Kier alpha value is -2.73. The van der Waals surface area contributed by atoms with Gasteiger partial charge in [-0.15, -0.1) is 0 Å². The van der Waals surface area contributed by atoms with Gasteiger partial charge in [0.15, 0.2) is 0 Å². The maximum atomic E-state index is 12.6. The van der Waals surface area contributed by atoms with Crippen molar-refractivity contribution in [3.8, 4) is 11.5 Å². The number of halogens is 2. The number of nitrogens with one attached hydrogen (secondary N) is 1. The summed E-state index contributed by atoms with van der Waals surface area (Å²) in [7, 11) is -3.87. The third kappa shape index (κ3) is 4.48. The van der Waals surface area contributed by atoms with E-state index >= 15 is 0 Å². The molecule has 0 amide bonds. The molecular weight excluding hydrogens is 429 g/mol. The lowest BCUT2D eigenvalue weighted by molar-refractivity contribution is 0.483. The molecule has 0 aromatic heterocycles. The number of sulfonamides is 1. The van der Waals surface area contributed by atoms with E-state index in [1.54, 1.807) is 24.3 Å². The lowest BCUT2D eigenvalue weighted by atomic mass is 10.1. The normalized spacial score (nSPS) is 11.4. The van der Waals surface area contributed by atoms with Gasteiger partial charge in [-0.1, -0.05) is 53.5 Å². The van der Waals surface area contributed by atoms with Crippen LogP contribution in [-0.2, 0) is 10.0 Å². The highest BCUT2D eigenvalue weighted by molar-refractivity contribution is 7.92. The first kappa shape index (κ1) is 19.6. The Bertz CT molecular complexity index is 1290. The van der Waals surface area contributed by atoms with Crippen LogP contribution in [0.25, 0.3) is 10.8 Å². The second-order valence-electron chi connectivity index (χ2n) is 6.32. The minimum atomic E-state index is -3.87. The van der Waals surface area contributed by atoms with E-state index in [4.69, 9.17) is 27.9 Å². The highest BCUT2D eigenvalue weighted by Crippen LogP contribution is 2.29. The Kier molecular flexibility index (Phi) is 5.37. The van der Waals surface area contributed by atoms with E-state index < -0.39 is 10.0 Å². The molecule has 0 unspecified atom stereocenters. The number of hydrogen-bond acceptors (Lipinski definition) is 3. The van der Waals surface area contributed by atoms with Gasteiger partial charge < -0.3 is 4.74 Å². The molecule has 1 N–H and O–H groups in total. The van der Waals surface area contributed by atoms with Crippen LogP contribution in [-0.4, -0.2) is 8.42 Å². The lowest BCUT2D eigenvalue weighted by Crippen LogP contribution is -2.13. The van der Waals surface area contributed by atoms with E-state index in [-0.39, 0.29) is 14.9 Å². The SMILES string of the molecule is O=S(=O)(Nc1ccc(Oc2ccc3ccccc3c2)cc1)c1cc(Cl)ccc1Cl. The predicted octanol–water partition coefficient (Wildman–Crippen LogP) is 6.74. The zero-order chi connectivity index (χ0) is 20.4. The van der Waals surface area contributed by atoms with E-state index in [1.165, 1.54) is 18.2 Å². The van der Waals surface area contributed by atoms with Gasteiger partial charge >= 0.3 is 0 Å². The molecule has 0 saturated carbocycles. The molecule has 0 spiro atoms. The van der Waals surface area contributed by atoms with Crippen molar-refractivity contribution < 1.29 is 13.2 Å². The summed E-state index contributed by atoms with van der Waals surface area (Å²) >= 11 is 11.9. The lowest BCUT2D eigenvalue weighted by Gasteiger charge is -2.11. The van der Waals surface area contributed by atoms with Crippen LogP contribution in [0.2, 0.25) is 10.0 Å². The van der Waals surface area contributed by atoms with Crippen LogP contribution in [0.1, 0.15) is 0 Å². The summed E-state index contributed by atoms with van der Waals surface area (Å²) in [6, 6.07) is 24.7. The van der Waals surface area contributed by atoms with E-state index in [9.17, 15) is 8.42 Å². The summed E-state index contributed by atoms with van der Waals surface area (Å²) in [5.74, 6) is 1.28. The first-order valence-electron chi connectivity index (χ1n) is 8.65. The van der Waals surface area contributed by atoms with E-state index in [2.05, 4.69) is 4.72 Å². The molecule has 29 heavy (non-hydrogen) atoms. The molecular formula is C22H15Cl2NO3S. The molecule has 0 bridgehead atoms. The van der Waals surface area contributed by atoms with Gasteiger partial charge in [-0.3, -0.25) is 4.72 Å². The number of benzene rings is 4. The zero-order valence-electron chi connectivity index (χ0n) is 15.0. The maximum Gasteiger partial charge on any atom is 0.263 e. The highest BCUT2D eigenvalue weighted by atomic mass is 35.5. The van der Waals surface area contributed by atoms with Crippen LogP contribution < -0.4 is 9.46 Å². The number of fused-ring (bicyclic) bond motifs is 1. The molecule has 0 atom stereocenters. The smallest absolute Gasteiger partial charge is 0.263 e. The quantitative estimate of drug-likeness (QED) is 0.371. The standard InChI is InChI=1S/C22H15Cl2NO3S/c23-17-6-12-21(24)22(14-17)29(26,27)25-18-7-10-19(11-8-18)28-20-9-5-15-3-1-2-4-16(15)13-20/h1-14,25H. The largest absolute Gasteiger partial charge is 0.457 e. The fraction of sp³-hybridized carbons (Fsp3) is 0. The fourth-order valence-corrected chi connectivity index (χ4v) is 4.67. The summed E-state index contributed by atoms with van der Waals surface area (Å²) in [5.41, 5.74) is 0.381. The number of rotatable bonds is 5. The van der Waals surface area contributed by atoms with Gasteiger partial charge in [0, 0.05) is 10.7 Å². The first-order chi connectivity index (χ1) is 13.9. The molecule has 0 saturated heterocycles. The number of hydrogen-bond donors (Lipinski definition) is 1. The highest BCUT2D eigenvalue weighted by Gasteiger charge is 2.18. The van der Waals surface area contributed by atoms with Crippen LogP contribution in [0.15, 0.2) is 89.8 Å². The number of ether oxygens (including phenoxy) is 1. The third-order valence-corrected chi connectivity index (χ3v) is 6.34. The summed E-state index contributed by atoms with van der Waals surface area (Å²) in [6.07, 6.45) is 0. The van der Waals surface area contributed by atoms with Gasteiger partial charge in [0.1, 0.15) is 16.4 Å². The Balaban J connectivity index is 1.52. The van der Waals surface area contributed by atoms with Gasteiger partial charge in [0.05, 0.1) is 5.02 Å². The molecule has 4 rings (SSSR count). The zero-order valence-corrected chi connectivity index (χ0v) is 17.3. The summed E-state index contributed by atoms with van der Waals surface area (Å²) in [4.78, 5) is -0.0804. The van der Waals surface area contributed by atoms with Gasteiger partial charge in [-0.25, -0.2) is 8.42 Å². The van der Waals surface area contributed by atoms with Gasteiger partial charge in [-0.2, -0.15) is 0 Å². The molecule has 0 aliphatic carbocycles. The van der Waals surface area contributed by atoms with Crippen molar-refractivity contribution in [2.45, 2.75) is 4.90 Å². The number of anilines is 1. The van der Waals surface area contributed by atoms with Crippen molar-refractivity contribution in [2.75, 3.05) is 4.72 Å². The molecule has 4 nitrogen and oxygen atoms in total. The maximum absolute atomic E-state index is 12.6. The monoisotopic (exact) mass is 443 g/mol. The average Bonchev–Trinajstić information content (AvgIpc) is 2.71. The minimum absolute atomic E-state index is 0.0804. The van der Waals surface area contributed by atoms with Gasteiger partial charge in [0.25, 0.3) is 10.0 Å². The van der Waals surface area contributed by atoms with Crippen molar-refractivity contribution >= 4 is 49.7 Å². The Morgan fingerprint density at radius 1 is 0.724 bits per heavy atom. The Morgan fingerprint density at radius 2 is 1.41 bits per heavy atom. The van der Waals surface area contributed by atoms with E-state index in [0.29, 0.717) is 17.2 Å². The first-order valence-corrected chi connectivity index (χ1v) is 10.9. The molecule has 0 fully saturated rings. The molecule has 4 aromatic rings. The van der Waals surface area contributed by atoms with E-state index in [1.807, 2.05) is 42.5 Å². The fourth-order valence-electron chi connectivity index (χ4n) is 2.85. The molecule has 4 aromatic carbocycles. The molecule has 0 radical (unpaired) electrons. The van der Waals surface area contributed by atoms with Crippen molar-refractivity contribution in [2.24, 2.45) is 0 Å². The van der Waals surface area contributed by atoms with Crippen molar-refractivity contribution in [1.82, 2.24) is 0 Å². The third-order valence-electron chi connectivity index (χ3n) is 4.25. The van der Waals surface area contributed by atoms with E-state index in [0.717, 1.165) is 10.8 Å². The van der Waals surface area contributed by atoms with Crippen molar-refractivity contribution in [3.63, 3.8) is 0 Å². The van der Waals surface area contributed by atoms with Crippen molar-refractivity contribution in [1.29, 1.82) is 0 Å². The predicted molar refractivity (Wildman–Crippen MR) is 118 cm³/mol. The van der Waals surface area contributed by atoms with Gasteiger partial charge in [0.2, 0.25) is 0 Å². The van der Waals surface area contributed by atoms with Gasteiger partial charge in [-0.05, 0) is 65.4 Å². The molecule has 7 heteroatoms.